The van der Waals surface area contributed by atoms with Crippen LogP contribution >= 0.6 is 0 Å². The molecule has 0 aliphatic rings. The molecule has 0 aliphatic heterocycles. The summed E-state index contributed by atoms with van der Waals surface area (Å²) in [5.41, 5.74) is 1.13. The molecular weight excluding hydrogens is 218 g/mol. The molecule has 0 atom stereocenters. The molecule has 0 aliphatic carbocycles. The molecular formula is C13H17NO3. The van der Waals surface area contributed by atoms with Crippen molar-refractivity contribution in [2.75, 3.05) is 7.11 Å². The minimum atomic E-state index is -0.210. The number of ether oxygens (including phenoxy) is 1. The van der Waals surface area contributed by atoms with E-state index < -0.39 is 0 Å². The summed E-state index contributed by atoms with van der Waals surface area (Å²) in [6.45, 7) is 6.09. The Kier molecular flexibility index (Phi) is 3.92. The van der Waals surface area contributed by atoms with Crippen LogP contribution in [0.4, 0.5) is 0 Å². The topological polar surface area (TPSA) is 58.9 Å². The molecule has 4 heteroatoms. The molecule has 0 bridgehead atoms. The molecule has 1 rings (SSSR count). The van der Waals surface area contributed by atoms with Crippen LogP contribution in [0.5, 0.6) is 11.5 Å². The minimum absolute atomic E-state index is 0.107. The zero-order valence-electron chi connectivity index (χ0n) is 10.6. The fourth-order valence-electron chi connectivity index (χ4n) is 1.59. The molecule has 0 amide bonds. The predicted molar refractivity (Wildman–Crippen MR) is 65.2 cm³/mol. The third kappa shape index (κ3) is 3.08. The third-order valence-corrected chi connectivity index (χ3v) is 2.52. The van der Waals surface area contributed by atoms with Crippen molar-refractivity contribution in [2.45, 2.75) is 32.7 Å². The van der Waals surface area contributed by atoms with Crippen molar-refractivity contribution in [2.24, 2.45) is 4.99 Å². The molecule has 1 N–H and O–H groups in total. The maximum atomic E-state index is 10.1. The highest BCUT2D eigenvalue weighted by molar-refractivity contribution is 5.50. The van der Waals surface area contributed by atoms with Gasteiger partial charge in [0, 0.05) is 11.1 Å². The summed E-state index contributed by atoms with van der Waals surface area (Å²) in [7, 11) is 1.56. The number of carbonyl (C=O) groups excluding carboxylic acids is 1. The van der Waals surface area contributed by atoms with Crippen molar-refractivity contribution < 1.29 is 14.6 Å². The quantitative estimate of drug-likeness (QED) is 0.647. The Morgan fingerprint density at radius 3 is 2.53 bits per heavy atom. The van der Waals surface area contributed by atoms with E-state index in [9.17, 15) is 9.90 Å². The summed E-state index contributed by atoms with van der Waals surface area (Å²) in [5, 5.41) is 10.1. The van der Waals surface area contributed by atoms with Crippen LogP contribution in [0, 0.1) is 0 Å². The molecule has 1 aromatic rings. The van der Waals surface area contributed by atoms with Crippen LogP contribution in [0.1, 0.15) is 31.9 Å². The molecule has 1 aromatic carbocycles. The lowest BCUT2D eigenvalue weighted by molar-refractivity contribution is 0.403. The van der Waals surface area contributed by atoms with Gasteiger partial charge < -0.3 is 9.84 Å². The molecule has 0 saturated carbocycles. The summed E-state index contributed by atoms with van der Waals surface area (Å²) in [5.74, 6) is 0.807. The largest absolute Gasteiger partial charge is 0.507 e. The van der Waals surface area contributed by atoms with E-state index >= 15 is 0 Å². The van der Waals surface area contributed by atoms with Crippen LogP contribution in [0.25, 0.3) is 0 Å². The molecule has 0 unspecified atom stereocenters. The summed E-state index contributed by atoms with van der Waals surface area (Å²) >= 11 is 0. The van der Waals surface area contributed by atoms with E-state index in [1.807, 2.05) is 20.8 Å². The zero-order valence-corrected chi connectivity index (χ0v) is 10.6. The average Bonchev–Trinajstić information content (AvgIpc) is 2.26. The van der Waals surface area contributed by atoms with Gasteiger partial charge in [0.25, 0.3) is 0 Å². The molecule has 0 radical (unpaired) electrons. The van der Waals surface area contributed by atoms with Crippen molar-refractivity contribution in [3.63, 3.8) is 0 Å². The lowest BCUT2D eigenvalue weighted by atomic mass is 9.85. The Hall–Kier alpha value is -1.80. The molecule has 4 nitrogen and oxygen atoms in total. The number of phenols is 1. The van der Waals surface area contributed by atoms with Gasteiger partial charge >= 0.3 is 0 Å². The molecule has 0 fully saturated rings. The van der Waals surface area contributed by atoms with Gasteiger partial charge in [-0.2, -0.15) is 0 Å². The van der Waals surface area contributed by atoms with Crippen molar-refractivity contribution >= 4 is 6.08 Å². The van der Waals surface area contributed by atoms with E-state index in [1.165, 1.54) is 6.08 Å². The third-order valence-electron chi connectivity index (χ3n) is 2.52. The van der Waals surface area contributed by atoms with E-state index in [2.05, 4.69) is 4.99 Å². The Labute approximate surface area is 101 Å². The summed E-state index contributed by atoms with van der Waals surface area (Å²) in [6.07, 6.45) is 1.46. The number of isocyanates is 1. The van der Waals surface area contributed by atoms with Crippen LogP contribution in [-0.2, 0) is 16.8 Å². The Morgan fingerprint density at radius 1 is 1.41 bits per heavy atom. The number of benzene rings is 1. The SMILES string of the molecule is COc1cc(CN=C=O)c(O)c(C(C)(C)C)c1. The zero-order chi connectivity index (χ0) is 13.1. The predicted octanol–water partition coefficient (Wildman–Crippen LogP) is 2.53. The number of aliphatic imine (C=N–C) groups is 1. The van der Waals surface area contributed by atoms with Gasteiger partial charge in [0.05, 0.1) is 13.7 Å². The van der Waals surface area contributed by atoms with Gasteiger partial charge in [-0.25, -0.2) is 9.79 Å². The number of methoxy groups -OCH3 is 1. The van der Waals surface area contributed by atoms with E-state index in [0.29, 0.717) is 11.3 Å². The van der Waals surface area contributed by atoms with Gasteiger partial charge in [-0.1, -0.05) is 20.8 Å². The van der Waals surface area contributed by atoms with E-state index in [4.69, 9.17) is 4.74 Å². The second kappa shape index (κ2) is 5.02. The Morgan fingerprint density at radius 2 is 2.06 bits per heavy atom. The number of phenolic OH excluding ortho intramolecular Hbond substituents is 1. The van der Waals surface area contributed by atoms with E-state index in [-0.39, 0.29) is 17.7 Å². The first kappa shape index (κ1) is 13.3. The molecule has 0 heterocycles. The van der Waals surface area contributed by atoms with Gasteiger partial charge in [-0.3, -0.25) is 0 Å². The van der Waals surface area contributed by atoms with Crippen LogP contribution in [-0.4, -0.2) is 18.3 Å². The van der Waals surface area contributed by atoms with Gasteiger partial charge in [-0.05, 0) is 17.5 Å². The highest BCUT2D eigenvalue weighted by Crippen LogP contribution is 2.36. The molecule has 0 aromatic heterocycles. The van der Waals surface area contributed by atoms with Gasteiger partial charge in [0.2, 0.25) is 6.08 Å². The molecule has 92 valence electrons. The lowest BCUT2D eigenvalue weighted by Gasteiger charge is -2.22. The van der Waals surface area contributed by atoms with Crippen molar-refractivity contribution in [3.8, 4) is 11.5 Å². The minimum Gasteiger partial charge on any atom is -0.507 e. The van der Waals surface area contributed by atoms with Crippen molar-refractivity contribution in [1.82, 2.24) is 0 Å². The first-order valence-corrected chi connectivity index (χ1v) is 5.34. The van der Waals surface area contributed by atoms with Crippen LogP contribution in [0.3, 0.4) is 0 Å². The summed E-state index contributed by atoms with van der Waals surface area (Å²) in [4.78, 5) is 13.6. The smallest absolute Gasteiger partial charge is 0.235 e. The van der Waals surface area contributed by atoms with Gasteiger partial charge in [0.15, 0.2) is 0 Å². The fourth-order valence-corrected chi connectivity index (χ4v) is 1.59. The highest BCUT2D eigenvalue weighted by Gasteiger charge is 2.21. The summed E-state index contributed by atoms with van der Waals surface area (Å²) < 4.78 is 5.17. The fraction of sp³-hybridized carbons (Fsp3) is 0.462. The van der Waals surface area contributed by atoms with Crippen molar-refractivity contribution in [3.05, 3.63) is 23.3 Å². The van der Waals surface area contributed by atoms with Crippen molar-refractivity contribution in [1.29, 1.82) is 0 Å². The first-order chi connectivity index (χ1) is 7.90. The first-order valence-electron chi connectivity index (χ1n) is 5.34. The van der Waals surface area contributed by atoms with Crippen LogP contribution in [0.2, 0.25) is 0 Å². The lowest BCUT2D eigenvalue weighted by Crippen LogP contribution is -2.12. The van der Waals surface area contributed by atoms with Gasteiger partial charge in [-0.15, -0.1) is 0 Å². The average molecular weight is 235 g/mol. The van der Waals surface area contributed by atoms with Crippen LogP contribution in [0.15, 0.2) is 17.1 Å². The second-order valence-electron chi connectivity index (χ2n) is 4.84. The number of rotatable bonds is 3. The Bertz CT molecular complexity index is 454. The van der Waals surface area contributed by atoms with E-state index in [1.54, 1.807) is 19.2 Å². The van der Waals surface area contributed by atoms with E-state index in [0.717, 1.165) is 5.56 Å². The maximum absolute atomic E-state index is 10.1. The Balaban J connectivity index is 3.35. The standard InChI is InChI=1S/C13H17NO3/c1-13(2,3)11-6-10(17-4)5-9(12(11)16)7-14-8-15/h5-6,16H,7H2,1-4H3. The molecule has 0 saturated heterocycles. The maximum Gasteiger partial charge on any atom is 0.235 e. The number of aromatic hydroxyl groups is 1. The summed E-state index contributed by atoms with van der Waals surface area (Å²) in [6, 6.07) is 3.47. The number of hydrogen-bond acceptors (Lipinski definition) is 4. The van der Waals surface area contributed by atoms with Gasteiger partial charge in [0.1, 0.15) is 11.5 Å². The molecule has 0 spiro atoms. The normalized spacial score (nSPS) is 10.8. The number of hydrogen-bond donors (Lipinski definition) is 1. The van der Waals surface area contributed by atoms with Crippen LogP contribution < -0.4 is 4.74 Å². The number of nitrogens with zero attached hydrogens (tertiary/aromatic N) is 1. The second-order valence-corrected chi connectivity index (χ2v) is 4.84. The molecule has 17 heavy (non-hydrogen) atoms. The monoisotopic (exact) mass is 235 g/mol. The highest BCUT2D eigenvalue weighted by atomic mass is 16.5.